The lowest BCUT2D eigenvalue weighted by molar-refractivity contribution is 0.102. The molecule has 1 aromatic heterocycles. The summed E-state index contributed by atoms with van der Waals surface area (Å²) in [5.74, 6) is -0.136. The summed E-state index contributed by atoms with van der Waals surface area (Å²) < 4.78 is 6.43. The van der Waals surface area contributed by atoms with Crippen molar-refractivity contribution in [1.82, 2.24) is 4.98 Å². The zero-order valence-electron chi connectivity index (χ0n) is 13.1. The minimum absolute atomic E-state index is 0.136. The van der Waals surface area contributed by atoms with Gasteiger partial charge in [0.25, 0.3) is 5.91 Å². The van der Waals surface area contributed by atoms with Crippen molar-refractivity contribution in [3.8, 4) is 0 Å². The molecule has 2 heterocycles. The second-order valence-corrected chi connectivity index (χ2v) is 6.62. The standard InChI is InChI=1S/C18H17N3O2S/c22-17(20-18-19-15-3-1-2-4-16(15)24-18)13-5-7-14(8-6-13)21-9-11-23-12-10-21/h1-8H,9-12H2,(H,19,20,22). The number of hydrogen-bond donors (Lipinski definition) is 1. The molecule has 122 valence electrons. The van der Waals surface area contributed by atoms with Gasteiger partial charge in [0.15, 0.2) is 5.13 Å². The predicted octanol–water partition coefficient (Wildman–Crippen LogP) is 3.39. The van der Waals surface area contributed by atoms with Gasteiger partial charge in [-0.2, -0.15) is 0 Å². The molecule has 24 heavy (non-hydrogen) atoms. The van der Waals surface area contributed by atoms with E-state index in [1.165, 1.54) is 11.3 Å². The van der Waals surface area contributed by atoms with Gasteiger partial charge in [0.2, 0.25) is 0 Å². The van der Waals surface area contributed by atoms with Crippen molar-refractivity contribution in [3.05, 3.63) is 54.1 Å². The fourth-order valence-electron chi connectivity index (χ4n) is 2.74. The highest BCUT2D eigenvalue weighted by molar-refractivity contribution is 7.22. The van der Waals surface area contributed by atoms with Gasteiger partial charge in [-0.05, 0) is 36.4 Å². The number of nitrogens with zero attached hydrogens (tertiary/aromatic N) is 2. The monoisotopic (exact) mass is 339 g/mol. The molecule has 0 saturated carbocycles. The number of hydrogen-bond acceptors (Lipinski definition) is 5. The highest BCUT2D eigenvalue weighted by Crippen LogP contribution is 2.26. The summed E-state index contributed by atoms with van der Waals surface area (Å²) in [6.07, 6.45) is 0. The summed E-state index contributed by atoms with van der Waals surface area (Å²) in [5.41, 5.74) is 2.65. The van der Waals surface area contributed by atoms with Crippen LogP contribution >= 0.6 is 11.3 Å². The molecule has 6 heteroatoms. The number of nitrogens with one attached hydrogen (secondary N) is 1. The van der Waals surface area contributed by atoms with E-state index in [9.17, 15) is 4.79 Å². The normalized spacial score (nSPS) is 14.8. The zero-order chi connectivity index (χ0) is 16.4. The Kier molecular flexibility index (Phi) is 4.15. The third kappa shape index (κ3) is 3.11. The molecular formula is C18H17N3O2S. The van der Waals surface area contributed by atoms with Crippen LogP contribution in [-0.2, 0) is 4.74 Å². The van der Waals surface area contributed by atoms with Crippen LogP contribution in [0.5, 0.6) is 0 Å². The summed E-state index contributed by atoms with van der Waals surface area (Å²) in [4.78, 5) is 19.1. The van der Waals surface area contributed by atoms with Crippen LogP contribution in [0.1, 0.15) is 10.4 Å². The van der Waals surface area contributed by atoms with Crippen LogP contribution in [0, 0.1) is 0 Å². The number of morpholine rings is 1. The van der Waals surface area contributed by atoms with Crippen molar-refractivity contribution in [2.45, 2.75) is 0 Å². The lowest BCUT2D eigenvalue weighted by Gasteiger charge is -2.28. The van der Waals surface area contributed by atoms with E-state index in [-0.39, 0.29) is 5.91 Å². The Morgan fingerprint density at radius 1 is 1.08 bits per heavy atom. The van der Waals surface area contributed by atoms with E-state index in [0.717, 1.165) is 42.2 Å². The molecule has 0 radical (unpaired) electrons. The van der Waals surface area contributed by atoms with E-state index in [1.807, 2.05) is 48.5 Å². The highest BCUT2D eigenvalue weighted by Gasteiger charge is 2.13. The van der Waals surface area contributed by atoms with Crippen molar-refractivity contribution in [1.29, 1.82) is 0 Å². The zero-order valence-corrected chi connectivity index (χ0v) is 13.9. The van der Waals surface area contributed by atoms with E-state index in [2.05, 4.69) is 15.2 Å². The maximum Gasteiger partial charge on any atom is 0.257 e. The second-order valence-electron chi connectivity index (χ2n) is 5.59. The molecule has 1 aliphatic rings. The molecule has 1 saturated heterocycles. The SMILES string of the molecule is O=C(Nc1nc2ccccc2s1)c1ccc(N2CCOCC2)cc1. The van der Waals surface area contributed by atoms with E-state index in [0.29, 0.717) is 10.7 Å². The number of amides is 1. The molecule has 0 unspecified atom stereocenters. The first-order chi connectivity index (χ1) is 11.8. The average molecular weight is 339 g/mol. The number of carbonyl (C=O) groups is 1. The third-order valence-electron chi connectivity index (χ3n) is 4.02. The van der Waals surface area contributed by atoms with Crippen LogP contribution in [-0.4, -0.2) is 37.2 Å². The van der Waals surface area contributed by atoms with Crippen LogP contribution in [0.2, 0.25) is 0 Å². The number of para-hydroxylation sites is 1. The molecule has 1 amide bonds. The van der Waals surface area contributed by atoms with Gasteiger partial charge in [-0.25, -0.2) is 4.98 Å². The average Bonchev–Trinajstić information content (AvgIpc) is 3.05. The molecule has 5 nitrogen and oxygen atoms in total. The van der Waals surface area contributed by atoms with Gasteiger partial charge in [-0.3, -0.25) is 10.1 Å². The third-order valence-corrected chi connectivity index (χ3v) is 4.97. The van der Waals surface area contributed by atoms with Crippen molar-refractivity contribution in [2.24, 2.45) is 0 Å². The van der Waals surface area contributed by atoms with Crippen LogP contribution in [0.4, 0.5) is 10.8 Å². The minimum Gasteiger partial charge on any atom is -0.378 e. The number of thiazole rings is 1. The largest absolute Gasteiger partial charge is 0.378 e. The quantitative estimate of drug-likeness (QED) is 0.795. The number of aromatic nitrogens is 1. The van der Waals surface area contributed by atoms with Gasteiger partial charge in [0.1, 0.15) is 0 Å². The molecule has 0 spiro atoms. The Morgan fingerprint density at radius 3 is 2.58 bits per heavy atom. The number of carbonyl (C=O) groups excluding carboxylic acids is 1. The first kappa shape index (κ1) is 15.1. The Bertz CT molecular complexity index is 821. The van der Waals surface area contributed by atoms with Gasteiger partial charge in [-0.1, -0.05) is 23.5 Å². The molecule has 3 aromatic rings. The molecule has 4 rings (SSSR count). The Balaban J connectivity index is 1.47. The topological polar surface area (TPSA) is 54.5 Å². The van der Waals surface area contributed by atoms with E-state index >= 15 is 0 Å². The van der Waals surface area contributed by atoms with Crippen LogP contribution < -0.4 is 10.2 Å². The van der Waals surface area contributed by atoms with Gasteiger partial charge < -0.3 is 9.64 Å². The van der Waals surface area contributed by atoms with E-state index < -0.39 is 0 Å². The molecule has 1 N–H and O–H groups in total. The van der Waals surface area contributed by atoms with Crippen LogP contribution in [0.15, 0.2) is 48.5 Å². The summed E-state index contributed by atoms with van der Waals surface area (Å²) >= 11 is 1.48. The minimum atomic E-state index is -0.136. The molecule has 0 aliphatic carbocycles. The Hall–Kier alpha value is -2.44. The maximum atomic E-state index is 12.4. The van der Waals surface area contributed by atoms with Crippen LogP contribution in [0.3, 0.4) is 0 Å². The summed E-state index contributed by atoms with van der Waals surface area (Å²) in [6.45, 7) is 3.27. The van der Waals surface area contributed by atoms with Gasteiger partial charge in [0, 0.05) is 24.3 Å². The predicted molar refractivity (Wildman–Crippen MR) is 97.0 cm³/mol. The molecule has 1 fully saturated rings. The van der Waals surface area contributed by atoms with Gasteiger partial charge in [0.05, 0.1) is 23.4 Å². The number of rotatable bonds is 3. The molecule has 2 aromatic carbocycles. The first-order valence-electron chi connectivity index (χ1n) is 7.89. The summed E-state index contributed by atoms with van der Waals surface area (Å²) in [5, 5.41) is 3.51. The van der Waals surface area contributed by atoms with Crippen LogP contribution in [0.25, 0.3) is 10.2 Å². The number of benzene rings is 2. The first-order valence-corrected chi connectivity index (χ1v) is 8.71. The van der Waals surface area contributed by atoms with Gasteiger partial charge >= 0.3 is 0 Å². The van der Waals surface area contributed by atoms with E-state index in [4.69, 9.17) is 4.74 Å². The second kappa shape index (κ2) is 6.59. The Morgan fingerprint density at radius 2 is 1.83 bits per heavy atom. The molecule has 0 atom stereocenters. The highest BCUT2D eigenvalue weighted by atomic mass is 32.1. The summed E-state index contributed by atoms with van der Waals surface area (Å²) in [7, 11) is 0. The maximum absolute atomic E-state index is 12.4. The fraction of sp³-hybridized carbons (Fsp3) is 0.222. The Labute approximate surface area is 143 Å². The summed E-state index contributed by atoms with van der Waals surface area (Å²) in [6, 6.07) is 15.5. The van der Waals surface area contributed by atoms with E-state index in [1.54, 1.807) is 0 Å². The van der Waals surface area contributed by atoms with Crippen molar-refractivity contribution in [2.75, 3.05) is 36.5 Å². The van der Waals surface area contributed by atoms with Crippen molar-refractivity contribution < 1.29 is 9.53 Å². The fourth-order valence-corrected chi connectivity index (χ4v) is 3.60. The van der Waals surface area contributed by atoms with Gasteiger partial charge in [-0.15, -0.1) is 0 Å². The smallest absolute Gasteiger partial charge is 0.257 e. The number of fused-ring (bicyclic) bond motifs is 1. The molecular weight excluding hydrogens is 322 g/mol. The lowest BCUT2D eigenvalue weighted by atomic mass is 10.2. The van der Waals surface area contributed by atoms with Crippen molar-refractivity contribution >= 4 is 38.3 Å². The van der Waals surface area contributed by atoms with Crippen molar-refractivity contribution in [3.63, 3.8) is 0 Å². The number of anilines is 2. The molecule has 0 bridgehead atoms. The number of ether oxygens (including phenoxy) is 1. The molecule has 1 aliphatic heterocycles. The lowest BCUT2D eigenvalue weighted by Crippen LogP contribution is -2.36.